The highest BCUT2D eigenvalue weighted by Gasteiger charge is 2.20. The molecule has 0 atom stereocenters. The molecule has 1 amide bonds. The third kappa shape index (κ3) is 4.76. The Hall–Kier alpha value is -5.03. The lowest BCUT2D eigenvalue weighted by atomic mass is 10.1. The Bertz CT molecular complexity index is 1350. The number of rotatable bonds is 6. The lowest BCUT2D eigenvalue weighted by Crippen LogP contribution is -2.25. The number of carbonyl (C=O) groups is 1. The van der Waals surface area contributed by atoms with Gasteiger partial charge in [-0.25, -0.2) is 0 Å². The number of nitrogens with two attached hydrogens (primary N) is 2. The standard InChI is InChI=1S/C31H26N4O/c32-24-13-19-29(20-14-24)34(30-21-15-25(33)16-22-30)28-17-11-23(12-18-28)31(36)35(26-7-3-1-4-8-26)27-9-5-2-6-10-27/h1-22H,32-33H2. The predicted molar refractivity (Wildman–Crippen MR) is 149 cm³/mol. The first-order chi connectivity index (χ1) is 17.6. The van der Waals surface area contributed by atoms with E-state index in [0.29, 0.717) is 16.9 Å². The molecule has 36 heavy (non-hydrogen) atoms. The second-order valence-electron chi connectivity index (χ2n) is 8.38. The molecule has 176 valence electrons. The van der Waals surface area contributed by atoms with Crippen molar-refractivity contribution < 1.29 is 4.79 Å². The Kier molecular flexibility index (Phi) is 6.36. The first kappa shape index (κ1) is 22.7. The number of nitrogen functional groups attached to an aromatic ring is 2. The van der Waals surface area contributed by atoms with Gasteiger partial charge in [0, 0.05) is 45.4 Å². The number of nitrogens with zero attached hydrogens (tertiary/aromatic N) is 2. The topological polar surface area (TPSA) is 75.6 Å². The number of amides is 1. The molecule has 0 unspecified atom stereocenters. The van der Waals surface area contributed by atoms with E-state index in [1.165, 1.54) is 0 Å². The van der Waals surface area contributed by atoms with Crippen LogP contribution in [0.3, 0.4) is 0 Å². The van der Waals surface area contributed by atoms with Crippen molar-refractivity contribution in [1.29, 1.82) is 0 Å². The fourth-order valence-corrected chi connectivity index (χ4v) is 4.11. The Morgan fingerprint density at radius 1 is 0.444 bits per heavy atom. The predicted octanol–water partition coefficient (Wildman–Crippen LogP) is 7.30. The first-order valence-corrected chi connectivity index (χ1v) is 11.7. The third-order valence-corrected chi connectivity index (χ3v) is 5.91. The molecule has 0 heterocycles. The van der Waals surface area contributed by atoms with Gasteiger partial charge in [-0.05, 0) is 97.1 Å². The van der Waals surface area contributed by atoms with Gasteiger partial charge in [0.1, 0.15) is 0 Å². The Labute approximate surface area is 210 Å². The van der Waals surface area contributed by atoms with Crippen LogP contribution in [-0.2, 0) is 0 Å². The molecular formula is C31H26N4O. The maximum atomic E-state index is 13.7. The molecule has 0 radical (unpaired) electrons. The van der Waals surface area contributed by atoms with Gasteiger partial charge in [-0.1, -0.05) is 36.4 Å². The van der Waals surface area contributed by atoms with Crippen molar-refractivity contribution in [2.24, 2.45) is 0 Å². The van der Waals surface area contributed by atoms with Crippen LogP contribution in [0.25, 0.3) is 0 Å². The van der Waals surface area contributed by atoms with E-state index in [1.54, 1.807) is 4.90 Å². The van der Waals surface area contributed by atoms with Gasteiger partial charge in [0.25, 0.3) is 5.91 Å². The van der Waals surface area contributed by atoms with Crippen LogP contribution < -0.4 is 21.3 Å². The molecular weight excluding hydrogens is 444 g/mol. The molecule has 5 heteroatoms. The number of hydrogen-bond acceptors (Lipinski definition) is 4. The summed E-state index contributed by atoms with van der Waals surface area (Å²) in [5.74, 6) is -0.106. The molecule has 0 fully saturated rings. The summed E-state index contributed by atoms with van der Waals surface area (Å²) in [4.78, 5) is 17.6. The molecule has 0 aliphatic heterocycles. The second-order valence-corrected chi connectivity index (χ2v) is 8.38. The zero-order valence-electron chi connectivity index (χ0n) is 19.7. The van der Waals surface area contributed by atoms with Crippen molar-refractivity contribution in [2.75, 3.05) is 21.3 Å². The number of benzene rings is 5. The van der Waals surface area contributed by atoms with Gasteiger partial charge in [-0.3, -0.25) is 9.69 Å². The van der Waals surface area contributed by atoms with Crippen molar-refractivity contribution in [3.8, 4) is 0 Å². The second kappa shape index (κ2) is 10.1. The summed E-state index contributed by atoms with van der Waals surface area (Å²) in [7, 11) is 0. The van der Waals surface area contributed by atoms with Crippen LogP contribution in [0.15, 0.2) is 133 Å². The van der Waals surface area contributed by atoms with Crippen molar-refractivity contribution in [3.05, 3.63) is 139 Å². The quantitative estimate of drug-likeness (QED) is 0.255. The van der Waals surface area contributed by atoms with E-state index in [1.807, 2.05) is 133 Å². The monoisotopic (exact) mass is 470 g/mol. The van der Waals surface area contributed by atoms with Crippen LogP contribution >= 0.6 is 0 Å². The molecule has 0 saturated heterocycles. The Morgan fingerprint density at radius 2 is 0.806 bits per heavy atom. The smallest absolute Gasteiger partial charge is 0.262 e. The van der Waals surface area contributed by atoms with Crippen LogP contribution in [-0.4, -0.2) is 5.91 Å². The Morgan fingerprint density at radius 3 is 1.19 bits per heavy atom. The minimum atomic E-state index is -0.106. The van der Waals surface area contributed by atoms with Crippen LogP contribution in [0.5, 0.6) is 0 Å². The summed E-state index contributed by atoms with van der Waals surface area (Å²) >= 11 is 0. The van der Waals surface area contributed by atoms with E-state index in [9.17, 15) is 4.79 Å². The molecule has 5 rings (SSSR count). The highest BCUT2D eigenvalue weighted by atomic mass is 16.2. The van der Waals surface area contributed by atoms with Crippen molar-refractivity contribution in [3.63, 3.8) is 0 Å². The number of anilines is 7. The zero-order chi connectivity index (χ0) is 24.9. The van der Waals surface area contributed by atoms with Crippen molar-refractivity contribution >= 4 is 45.7 Å². The van der Waals surface area contributed by atoms with Gasteiger partial charge < -0.3 is 16.4 Å². The average Bonchev–Trinajstić information content (AvgIpc) is 2.93. The molecule has 0 saturated carbocycles. The van der Waals surface area contributed by atoms with Crippen molar-refractivity contribution in [1.82, 2.24) is 0 Å². The normalized spacial score (nSPS) is 10.6. The minimum Gasteiger partial charge on any atom is -0.399 e. The molecule has 5 nitrogen and oxygen atoms in total. The van der Waals surface area contributed by atoms with Gasteiger partial charge in [0.2, 0.25) is 0 Å². The van der Waals surface area contributed by atoms with E-state index in [-0.39, 0.29) is 5.91 Å². The average molecular weight is 471 g/mol. The zero-order valence-corrected chi connectivity index (χ0v) is 19.7. The number of para-hydroxylation sites is 2. The maximum Gasteiger partial charge on any atom is 0.262 e. The molecule has 0 bridgehead atoms. The fraction of sp³-hybridized carbons (Fsp3) is 0. The van der Waals surface area contributed by atoms with E-state index >= 15 is 0 Å². The van der Waals surface area contributed by atoms with E-state index in [2.05, 4.69) is 4.90 Å². The molecule has 5 aromatic carbocycles. The summed E-state index contributed by atoms with van der Waals surface area (Å²) in [5, 5.41) is 0. The lowest BCUT2D eigenvalue weighted by Gasteiger charge is -2.26. The van der Waals surface area contributed by atoms with Gasteiger partial charge in [-0.2, -0.15) is 0 Å². The highest BCUT2D eigenvalue weighted by molar-refractivity contribution is 6.11. The van der Waals surface area contributed by atoms with E-state index < -0.39 is 0 Å². The van der Waals surface area contributed by atoms with Gasteiger partial charge in [0.05, 0.1) is 0 Å². The van der Waals surface area contributed by atoms with Crippen LogP contribution in [0.2, 0.25) is 0 Å². The minimum absolute atomic E-state index is 0.106. The van der Waals surface area contributed by atoms with Crippen LogP contribution in [0.1, 0.15) is 10.4 Å². The van der Waals surface area contributed by atoms with E-state index in [0.717, 1.165) is 28.4 Å². The maximum absolute atomic E-state index is 13.7. The highest BCUT2D eigenvalue weighted by Crippen LogP contribution is 2.36. The summed E-state index contributed by atoms with van der Waals surface area (Å²) in [5.41, 5.74) is 18.2. The molecule has 0 aliphatic carbocycles. The molecule has 4 N–H and O–H groups in total. The first-order valence-electron chi connectivity index (χ1n) is 11.7. The molecule has 0 aromatic heterocycles. The number of hydrogen-bond donors (Lipinski definition) is 2. The van der Waals surface area contributed by atoms with Crippen LogP contribution in [0, 0.1) is 0 Å². The van der Waals surface area contributed by atoms with E-state index in [4.69, 9.17) is 11.5 Å². The summed E-state index contributed by atoms with van der Waals surface area (Å²) in [6.45, 7) is 0. The largest absolute Gasteiger partial charge is 0.399 e. The lowest BCUT2D eigenvalue weighted by molar-refractivity contribution is 0.0999. The van der Waals surface area contributed by atoms with Gasteiger partial charge in [0.15, 0.2) is 0 Å². The van der Waals surface area contributed by atoms with Crippen LogP contribution in [0.4, 0.5) is 39.8 Å². The molecule has 0 aliphatic rings. The number of carbonyl (C=O) groups excluding carboxylic acids is 1. The molecule has 5 aromatic rings. The third-order valence-electron chi connectivity index (χ3n) is 5.91. The Balaban J connectivity index is 1.52. The summed E-state index contributed by atoms with van der Waals surface area (Å²) in [6.07, 6.45) is 0. The van der Waals surface area contributed by atoms with Gasteiger partial charge >= 0.3 is 0 Å². The summed E-state index contributed by atoms with van der Waals surface area (Å²) in [6, 6.07) is 42.3. The fourth-order valence-electron chi connectivity index (χ4n) is 4.11. The summed E-state index contributed by atoms with van der Waals surface area (Å²) < 4.78 is 0. The van der Waals surface area contributed by atoms with Crippen molar-refractivity contribution in [2.45, 2.75) is 0 Å². The SMILES string of the molecule is Nc1ccc(N(c2ccc(N)cc2)c2ccc(C(=O)N(c3ccccc3)c3ccccc3)cc2)cc1. The van der Waals surface area contributed by atoms with Gasteiger partial charge in [-0.15, -0.1) is 0 Å². The molecule has 0 spiro atoms.